The second-order valence-corrected chi connectivity index (χ2v) is 7.86. The molecule has 0 aliphatic carbocycles. The lowest BCUT2D eigenvalue weighted by atomic mass is 9.83. The molecule has 1 aliphatic heterocycles. The van der Waals surface area contributed by atoms with Crippen LogP contribution in [0, 0.1) is 13.8 Å². The Balaban J connectivity index is 2.14. The van der Waals surface area contributed by atoms with Gasteiger partial charge in [-0.2, -0.15) is 0 Å². The van der Waals surface area contributed by atoms with E-state index in [1.807, 2.05) is 0 Å². The average Bonchev–Trinajstić information content (AvgIpc) is 2.52. The van der Waals surface area contributed by atoms with Crippen LogP contribution in [0.2, 0.25) is 0 Å². The lowest BCUT2D eigenvalue weighted by Gasteiger charge is -2.39. The van der Waals surface area contributed by atoms with E-state index in [1.54, 1.807) is 11.1 Å². The van der Waals surface area contributed by atoms with Gasteiger partial charge in [-0.15, -0.1) is 11.8 Å². The fourth-order valence-corrected chi connectivity index (χ4v) is 4.75. The first kappa shape index (κ1) is 15.4. The van der Waals surface area contributed by atoms with E-state index in [2.05, 4.69) is 88.0 Å². The van der Waals surface area contributed by atoms with Crippen molar-refractivity contribution in [2.45, 2.75) is 38.9 Å². The normalized spacial score (nSPS) is 17.6. The first-order valence-electron chi connectivity index (χ1n) is 7.95. The van der Waals surface area contributed by atoms with Crippen LogP contribution in [0.1, 0.15) is 42.5 Å². The van der Waals surface area contributed by atoms with E-state index in [9.17, 15) is 0 Å². The fourth-order valence-electron chi connectivity index (χ4n) is 3.11. The minimum absolute atomic E-state index is 0.0605. The van der Waals surface area contributed by atoms with Crippen LogP contribution in [0.5, 0.6) is 0 Å². The van der Waals surface area contributed by atoms with Gasteiger partial charge in [0.2, 0.25) is 0 Å². The SMILES string of the molecule is CC1=C(C)CC(c2ccc(C)cc2)(c2ccc(C)cc2)SC1. The van der Waals surface area contributed by atoms with Crippen LogP contribution >= 0.6 is 11.8 Å². The molecule has 2 aromatic carbocycles. The number of thioether (sulfide) groups is 1. The summed E-state index contributed by atoms with van der Waals surface area (Å²) in [7, 11) is 0. The number of hydrogen-bond donors (Lipinski definition) is 0. The highest BCUT2D eigenvalue weighted by Gasteiger charge is 2.37. The Kier molecular flexibility index (Phi) is 4.18. The monoisotopic (exact) mass is 308 g/mol. The van der Waals surface area contributed by atoms with Gasteiger partial charge in [0.25, 0.3) is 0 Å². The van der Waals surface area contributed by atoms with Gasteiger partial charge in [0.05, 0.1) is 4.75 Å². The van der Waals surface area contributed by atoms with Gasteiger partial charge < -0.3 is 0 Å². The van der Waals surface area contributed by atoms with E-state index in [0.717, 1.165) is 12.2 Å². The highest BCUT2D eigenvalue weighted by atomic mass is 32.2. The second kappa shape index (κ2) is 5.96. The molecule has 0 radical (unpaired) electrons. The molecule has 1 heterocycles. The van der Waals surface area contributed by atoms with Crippen LogP contribution in [-0.2, 0) is 4.75 Å². The van der Waals surface area contributed by atoms with E-state index < -0.39 is 0 Å². The molecule has 0 spiro atoms. The van der Waals surface area contributed by atoms with Gasteiger partial charge >= 0.3 is 0 Å². The summed E-state index contributed by atoms with van der Waals surface area (Å²) in [5, 5.41) is 0. The summed E-state index contributed by atoms with van der Waals surface area (Å²) in [5.74, 6) is 1.12. The van der Waals surface area contributed by atoms with Crippen molar-refractivity contribution in [1.29, 1.82) is 0 Å². The van der Waals surface area contributed by atoms with Crippen LogP contribution in [0.25, 0.3) is 0 Å². The first-order chi connectivity index (χ1) is 10.5. The molecule has 0 saturated carbocycles. The van der Waals surface area contributed by atoms with Gasteiger partial charge in [-0.25, -0.2) is 0 Å². The molecule has 0 saturated heterocycles. The predicted octanol–water partition coefficient (Wildman–Crippen LogP) is 6.02. The van der Waals surface area contributed by atoms with Crippen molar-refractivity contribution in [2.75, 3.05) is 5.75 Å². The fraction of sp³-hybridized carbons (Fsp3) is 0.333. The molecule has 1 aliphatic rings. The highest BCUT2D eigenvalue weighted by molar-refractivity contribution is 8.00. The van der Waals surface area contributed by atoms with Crippen LogP contribution in [0.15, 0.2) is 59.7 Å². The average molecular weight is 308 g/mol. The summed E-state index contributed by atoms with van der Waals surface area (Å²) >= 11 is 2.08. The van der Waals surface area contributed by atoms with Crippen LogP contribution in [0.3, 0.4) is 0 Å². The third-order valence-corrected chi connectivity index (χ3v) is 6.50. The molecule has 1 heteroatoms. The van der Waals surface area contributed by atoms with Gasteiger partial charge in [-0.1, -0.05) is 70.8 Å². The molecule has 0 amide bonds. The van der Waals surface area contributed by atoms with Gasteiger partial charge in [0.1, 0.15) is 0 Å². The minimum Gasteiger partial charge on any atom is -0.141 e. The van der Waals surface area contributed by atoms with Gasteiger partial charge in [0, 0.05) is 5.75 Å². The maximum Gasteiger partial charge on any atom is 0.0697 e. The van der Waals surface area contributed by atoms with Crippen molar-refractivity contribution >= 4 is 11.8 Å². The number of allylic oxidation sites excluding steroid dienone is 1. The van der Waals surface area contributed by atoms with Gasteiger partial charge in [-0.05, 0) is 45.2 Å². The lowest BCUT2D eigenvalue weighted by Crippen LogP contribution is -2.28. The Labute approximate surface area is 138 Å². The Hall–Kier alpha value is -1.47. The van der Waals surface area contributed by atoms with Crippen LogP contribution < -0.4 is 0 Å². The minimum atomic E-state index is 0.0605. The van der Waals surface area contributed by atoms with Gasteiger partial charge in [-0.3, -0.25) is 0 Å². The summed E-state index contributed by atoms with van der Waals surface area (Å²) < 4.78 is 0.0605. The molecule has 0 nitrogen and oxygen atoms in total. The smallest absolute Gasteiger partial charge is 0.0697 e. The van der Waals surface area contributed by atoms with Crippen molar-refractivity contribution in [3.05, 3.63) is 81.9 Å². The summed E-state index contributed by atoms with van der Waals surface area (Å²) in [6, 6.07) is 18.2. The zero-order chi connectivity index (χ0) is 15.7. The Morgan fingerprint density at radius 1 is 0.682 bits per heavy atom. The molecule has 0 aromatic heterocycles. The topological polar surface area (TPSA) is 0 Å². The summed E-state index contributed by atoms with van der Waals surface area (Å²) in [6.07, 6.45) is 1.11. The number of aryl methyl sites for hydroxylation is 2. The Bertz CT molecular complexity index is 644. The molecule has 0 bridgehead atoms. The number of benzene rings is 2. The zero-order valence-electron chi connectivity index (χ0n) is 13.9. The Morgan fingerprint density at radius 2 is 1.14 bits per heavy atom. The van der Waals surface area contributed by atoms with Crippen molar-refractivity contribution in [1.82, 2.24) is 0 Å². The summed E-state index contributed by atoms with van der Waals surface area (Å²) in [4.78, 5) is 0. The third kappa shape index (κ3) is 2.75. The van der Waals surface area contributed by atoms with E-state index in [-0.39, 0.29) is 4.75 Å². The standard InChI is InChI=1S/C21H24S/c1-15-5-9-19(10-6-15)21(13-17(3)18(4)14-22-21)20-11-7-16(2)8-12-20/h5-12H,13-14H2,1-4H3. The Morgan fingerprint density at radius 3 is 1.55 bits per heavy atom. The quantitative estimate of drug-likeness (QED) is 0.611. The number of hydrogen-bond acceptors (Lipinski definition) is 1. The maximum absolute atomic E-state index is 2.32. The summed E-state index contributed by atoms with van der Waals surface area (Å²) in [5.41, 5.74) is 8.59. The van der Waals surface area contributed by atoms with E-state index in [1.165, 1.54) is 22.3 Å². The molecule has 0 atom stereocenters. The molecule has 3 rings (SSSR count). The van der Waals surface area contributed by atoms with E-state index in [4.69, 9.17) is 0 Å². The van der Waals surface area contributed by atoms with E-state index >= 15 is 0 Å². The predicted molar refractivity (Wildman–Crippen MR) is 98.6 cm³/mol. The molecule has 2 aromatic rings. The zero-order valence-corrected chi connectivity index (χ0v) is 14.8. The molecule has 0 fully saturated rings. The lowest BCUT2D eigenvalue weighted by molar-refractivity contribution is 0.711. The molecule has 22 heavy (non-hydrogen) atoms. The van der Waals surface area contributed by atoms with E-state index in [0.29, 0.717) is 0 Å². The largest absolute Gasteiger partial charge is 0.141 e. The molecule has 0 unspecified atom stereocenters. The van der Waals surface area contributed by atoms with Crippen molar-refractivity contribution in [2.24, 2.45) is 0 Å². The highest BCUT2D eigenvalue weighted by Crippen LogP contribution is 2.51. The van der Waals surface area contributed by atoms with Crippen molar-refractivity contribution in [3.8, 4) is 0 Å². The molecule has 114 valence electrons. The molecular weight excluding hydrogens is 284 g/mol. The van der Waals surface area contributed by atoms with Crippen molar-refractivity contribution < 1.29 is 0 Å². The maximum atomic E-state index is 2.32. The van der Waals surface area contributed by atoms with Crippen molar-refractivity contribution in [3.63, 3.8) is 0 Å². The third-order valence-electron chi connectivity index (χ3n) is 4.81. The van der Waals surface area contributed by atoms with Crippen LogP contribution in [0.4, 0.5) is 0 Å². The van der Waals surface area contributed by atoms with Gasteiger partial charge in [0.15, 0.2) is 0 Å². The number of rotatable bonds is 2. The first-order valence-corrected chi connectivity index (χ1v) is 8.93. The molecule has 0 N–H and O–H groups in total. The second-order valence-electron chi connectivity index (χ2n) is 6.59. The summed E-state index contributed by atoms with van der Waals surface area (Å²) in [6.45, 7) is 8.89. The molecular formula is C21H24S. The van der Waals surface area contributed by atoms with Crippen LogP contribution in [-0.4, -0.2) is 5.75 Å².